The second-order valence-electron chi connectivity index (χ2n) is 5.67. The van der Waals surface area contributed by atoms with Gasteiger partial charge in [0, 0.05) is 28.8 Å². The van der Waals surface area contributed by atoms with Crippen LogP contribution in [0.5, 0.6) is 0 Å². The van der Waals surface area contributed by atoms with Gasteiger partial charge in [0.25, 0.3) is 0 Å². The van der Waals surface area contributed by atoms with E-state index in [1.54, 1.807) is 29.8 Å². The van der Waals surface area contributed by atoms with E-state index in [0.29, 0.717) is 6.42 Å². The van der Waals surface area contributed by atoms with Crippen molar-refractivity contribution in [3.05, 3.63) is 45.7 Å². The second kappa shape index (κ2) is 5.21. The molecule has 0 amide bonds. The summed E-state index contributed by atoms with van der Waals surface area (Å²) in [7, 11) is 0. The van der Waals surface area contributed by atoms with Crippen molar-refractivity contribution < 1.29 is 4.79 Å². The molecule has 0 atom stereocenters. The Balaban J connectivity index is 2.16. The highest BCUT2D eigenvalue weighted by Gasteiger charge is 2.19. The zero-order valence-electron chi connectivity index (χ0n) is 11.7. The van der Waals surface area contributed by atoms with Gasteiger partial charge in [-0.1, -0.05) is 20.8 Å². The fraction of sp³-hybridized carbons (Fsp3) is 0.400. The van der Waals surface area contributed by atoms with Crippen LogP contribution in [0.1, 0.15) is 47.4 Å². The summed E-state index contributed by atoms with van der Waals surface area (Å²) >= 11 is 1.56. The van der Waals surface area contributed by atoms with Crippen LogP contribution >= 0.6 is 11.3 Å². The van der Waals surface area contributed by atoms with E-state index in [-0.39, 0.29) is 11.2 Å². The number of ketones is 1. The number of carbonyl (C=O) groups excluding carboxylic acids is 1. The summed E-state index contributed by atoms with van der Waals surface area (Å²) in [4.78, 5) is 20.8. The number of hydrogen-bond donors (Lipinski definition) is 0. The van der Waals surface area contributed by atoms with Crippen molar-refractivity contribution in [1.29, 1.82) is 0 Å². The number of pyridine rings is 1. The third-order valence-corrected chi connectivity index (χ3v) is 3.80. The third kappa shape index (κ3) is 3.26. The van der Waals surface area contributed by atoms with Crippen LogP contribution in [0.25, 0.3) is 0 Å². The van der Waals surface area contributed by atoms with Crippen molar-refractivity contribution in [2.24, 2.45) is 0 Å². The molecule has 0 bridgehead atoms. The van der Waals surface area contributed by atoms with E-state index < -0.39 is 0 Å². The summed E-state index contributed by atoms with van der Waals surface area (Å²) in [6.45, 7) is 8.28. The van der Waals surface area contributed by atoms with Gasteiger partial charge in [-0.15, -0.1) is 11.3 Å². The molecule has 2 aromatic rings. The molecule has 0 saturated carbocycles. The van der Waals surface area contributed by atoms with E-state index in [9.17, 15) is 4.79 Å². The van der Waals surface area contributed by atoms with Crippen LogP contribution in [0.4, 0.5) is 0 Å². The second-order valence-corrected chi connectivity index (χ2v) is 6.61. The molecule has 2 rings (SSSR count). The molecule has 100 valence electrons. The topological polar surface area (TPSA) is 42.9 Å². The molecule has 0 unspecified atom stereocenters. The lowest BCUT2D eigenvalue weighted by atomic mass is 9.93. The lowest BCUT2D eigenvalue weighted by Crippen LogP contribution is -2.12. The van der Waals surface area contributed by atoms with E-state index in [2.05, 4.69) is 30.7 Å². The summed E-state index contributed by atoms with van der Waals surface area (Å²) in [6, 6.07) is 1.77. The number of aryl methyl sites for hydroxylation is 1. The van der Waals surface area contributed by atoms with Gasteiger partial charge in [-0.25, -0.2) is 4.98 Å². The molecule has 2 heterocycles. The number of nitrogens with zero attached hydrogens (tertiary/aromatic N) is 2. The van der Waals surface area contributed by atoms with Crippen molar-refractivity contribution in [2.45, 2.75) is 39.5 Å². The molecule has 19 heavy (non-hydrogen) atoms. The molecular weight excluding hydrogens is 256 g/mol. The highest BCUT2D eigenvalue weighted by atomic mass is 32.1. The highest BCUT2D eigenvalue weighted by Crippen LogP contribution is 2.24. The Hall–Kier alpha value is -1.55. The smallest absolute Gasteiger partial charge is 0.170 e. The molecule has 0 saturated heterocycles. The lowest BCUT2D eigenvalue weighted by Gasteiger charge is -2.14. The summed E-state index contributed by atoms with van der Waals surface area (Å²) in [5.74, 6) is 0.106. The summed E-state index contributed by atoms with van der Waals surface area (Å²) in [6.07, 6.45) is 3.74. The van der Waals surface area contributed by atoms with Crippen LogP contribution in [-0.4, -0.2) is 15.8 Å². The maximum Gasteiger partial charge on any atom is 0.170 e. The largest absolute Gasteiger partial charge is 0.294 e. The Bertz CT molecular complexity index is 596. The fourth-order valence-electron chi connectivity index (χ4n) is 1.76. The van der Waals surface area contributed by atoms with E-state index in [1.807, 2.05) is 12.3 Å². The first-order valence-electron chi connectivity index (χ1n) is 6.26. The molecule has 0 spiro atoms. The molecule has 0 aliphatic carbocycles. The van der Waals surface area contributed by atoms with E-state index >= 15 is 0 Å². The lowest BCUT2D eigenvalue weighted by molar-refractivity contribution is 0.0992. The first-order valence-corrected chi connectivity index (χ1v) is 7.14. The molecule has 4 heteroatoms. The average molecular weight is 274 g/mol. The third-order valence-electron chi connectivity index (χ3n) is 2.95. The van der Waals surface area contributed by atoms with Gasteiger partial charge in [0.15, 0.2) is 5.78 Å². The normalized spacial score (nSPS) is 11.6. The highest BCUT2D eigenvalue weighted by molar-refractivity contribution is 7.09. The number of rotatable bonds is 3. The zero-order chi connectivity index (χ0) is 14.0. The Morgan fingerprint density at radius 1 is 1.37 bits per heavy atom. The Morgan fingerprint density at radius 2 is 2.11 bits per heavy atom. The molecule has 3 nitrogen and oxygen atoms in total. The van der Waals surface area contributed by atoms with Crippen LogP contribution in [0.15, 0.2) is 23.8 Å². The van der Waals surface area contributed by atoms with Gasteiger partial charge in [0.05, 0.1) is 12.1 Å². The van der Waals surface area contributed by atoms with Gasteiger partial charge in [-0.2, -0.15) is 0 Å². The molecule has 0 aromatic carbocycles. The van der Waals surface area contributed by atoms with Crippen molar-refractivity contribution >= 4 is 17.1 Å². The minimum Gasteiger partial charge on any atom is -0.294 e. The number of thiazole rings is 1. The van der Waals surface area contributed by atoms with Crippen LogP contribution in [0, 0.1) is 6.92 Å². The summed E-state index contributed by atoms with van der Waals surface area (Å²) in [5.41, 5.74) is 2.74. The zero-order valence-corrected chi connectivity index (χ0v) is 12.5. The van der Waals surface area contributed by atoms with Gasteiger partial charge in [-0.3, -0.25) is 9.78 Å². The van der Waals surface area contributed by atoms with Gasteiger partial charge < -0.3 is 0 Å². The summed E-state index contributed by atoms with van der Waals surface area (Å²) in [5, 5.41) is 2.92. The van der Waals surface area contributed by atoms with Crippen LogP contribution in [0.3, 0.4) is 0 Å². The molecular formula is C15H18N2OS. The van der Waals surface area contributed by atoms with Crippen molar-refractivity contribution in [2.75, 3.05) is 0 Å². The quantitative estimate of drug-likeness (QED) is 0.804. The average Bonchev–Trinajstić information content (AvgIpc) is 2.77. The number of Topliss-reactive ketones (excluding diaryl/α,β-unsaturated/α-hetero) is 1. The standard InChI is InChI=1S/C15H18N2OS/c1-10-8-16-6-5-11(10)12(18)7-14-17-13(9-19-14)15(2,3)4/h5-6,8-9H,7H2,1-4H3. The first kappa shape index (κ1) is 13.9. The predicted molar refractivity (Wildman–Crippen MR) is 77.8 cm³/mol. The summed E-state index contributed by atoms with van der Waals surface area (Å²) < 4.78 is 0. The molecule has 2 aromatic heterocycles. The van der Waals surface area contributed by atoms with Crippen LogP contribution in [0.2, 0.25) is 0 Å². The van der Waals surface area contributed by atoms with E-state index in [4.69, 9.17) is 0 Å². The molecule has 0 N–H and O–H groups in total. The van der Waals surface area contributed by atoms with Crippen molar-refractivity contribution in [1.82, 2.24) is 9.97 Å². The van der Waals surface area contributed by atoms with E-state index in [0.717, 1.165) is 21.8 Å². The monoisotopic (exact) mass is 274 g/mol. The minimum absolute atomic E-state index is 0.0321. The Labute approximate surface area is 117 Å². The molecule has 0 fully saturated rings. The molecule has 0 radical (unpaired) electrons. The number of aromatic nitrogens is 2. The first-order chi connectivity index (χ1) is 8.88. The maximum atomic E-state index is 12.2. The molecule has 0 aliphatic rings. The molecule has 0 aliphatic heterocycles. The van der Waals surface area contributed by atoms with Crippen molar-refractivity contribution in [3.8, 4) is 0 Å². The van der Waals surface area contributed by atoms with Crippen LogP contribution in [-0.2, 0) is 11.8 Å². The van der Waals surface area contributed by atoms with Crippen LogP contribution < -0.4 is 0 Å². The van der Waals surface area contributed by atoms with Gasteiger partial charge in [-0.05, 0) is 18.6 Å². The van der Waals surface area contributed by atoms with Gasteiger partial charge in [0.1, 0.15) is 5.01 Å². The van der Waals surface area contributed by atoms with Gasteiger partial charge in [0.2, 0.25) is 0 Å². The van der Waals surface area contributed by atoms with Crippen molar-refractivity contribution in [3.63, 3.8) is 0 Å². The fourth-order valence-corrected chi connectivity index (χ4v) is 2.77. The Morgan fingerprint density at radius 3 is 2.68 bits per heavy atom. The maximum absolute atomic E-state index is 12.2. The minimum atomic E-state index is 0.0321. The van der Waals surface area contributed by atoms with Gasteiger partial charge >= 0.3 is 0 Å². The number of hydrogen-bond acceptors (Lipinski definition) is 4. The number of carbonyl (C=O) groups is 1. The SMILES string of the molecule is Cc1cnccc1C(=O)Cc1nc(C(C)(C)C)cs1. The Kier molecular flexibility index (Phi) is 3.80. The van der Waals surface area contributed by atoms with E-state index in [1.165, 1.54) is 0 Å². The predicted octanol–water partition coefficient (Wildman–Crippen LogP) is 3.57.